The summed E-state index contributed by atoms with van der Waals surface area (Å²) in [5, 5.41) is 14.5. The quantitative estimate of drug-likeness (QED) is 0.211. The summed E-state index contributed by atoms with van der Waals surface area (Å²) in [4.78, 5) is 42.2. The Morgan fingerprint density at radius 1 is 1.23 bits per heavy atom. The number of anilines is 2. The number of carbonyl (C=O) groups is 2. The van der Waals surface area contributed by atoms with Crippen LogP contribution in [0.4, 0.5) is 17.2 Å². The van der Waals surface area contributed by atoms with Crippen LogP contribution in [0, 0.1) is 17.0 Å². The van der Waals surface area contributed by atoms with E-state index in [1.54, 1.807) is 13.0 Å². The van der Waals surface area contributed by atoms with E-state index in [2.05, 4.69) is 15.2 Å². The Morgan fingerprint density at radius 2 is 2.00 bits per heavy atom. The summed E-state index contributed by atoms with van der Waals surface area (Å²) in [6.07, 6.45) is 3.04. The van der Waals surface area contributed by atoms with Gasteiger partial charge in [-0.25, -0.2) is 14.6 Å². The van der Waals surface area contributed by atoms with Gasteiger partial charge in [0.25, 0.3) is 5.69 Å². The highest BCUT2D eigenvalue weighted by atomic mass is 32.1. The molecule has 3 heterocycles. The van der Waals surface area contributed by atoms with Gasteiger partial charge in [-0.3, -0.25) is 10.1 Å². The van der Waals surface area contributed by atoms with E-state index < -0.39 is 16.9 Å². The zero-order chi connectivity index (χ0) is 27.9. The standard InChI is InChI=1S/C27H30N4O7S/c1-4-37-23(32)16-38-24-17(2)25(39-26(24)27(33)36-3)18-6-5-7-20(14-18)29-19-10-12-30(13-11-19)22-9-8-21(15-28-22)31(34)35/h5-9,14-15,19,29H,4,10-13,16H2,1-3H3. The Balaban J connectivity index is 1.45. The minimum absolute atomic E-state index is 0.0208. The molecule has 1 aliphatic heterocycles. The number of ether oxygens (including phenoxy) is 3. The molecular weight excluding hydrogens is 524 g/mol. The molecule has 0 bridgehead atoms. The van der Waals surface area contributed by atoms with E-state index in [4.69, 9.17) is 14.2 Å². The van der Waals surface area contributed by atoms with Crippen LogP contribution in [0.1, 0.15) is 35.0 Å². The van der Waals surface area contributed by atoms with Gasteiger partial charge in [0.15, 0.2) is 11.5 Å². The van der Waals surface area contributed by atoms with Gasteiger partial charge in [-0.15, -0.1) is 11.3 Å². The predicted molar refractivity (Wildman–Crippen MR) is 148 cm³/mol. The van der Waals surface area contributed by atoms with E-state index in [1.165, 1.54) is 30.7 Å². The molecule has 4 rings (SSSR count). The van der Waals surface area contributed by atoms with Crippen molar-refractivity contribution in [3.05, 3.63) is 63.1 Å². The second-order valence-electron chi connectivity index (χ2n) is 8.92. The minimum atomic E-state index is -0.531. The fraction of sp³-hybridized carbons (Fsp3) is 0.370. The van der Waals surface area contributed by atoms with E-state index in [0.29, 0.717) is 10.6 Å². The number of benzene rings is 1. The Morgan fingerprint density at radius 3 is 2.64 bits per heavy atom. The van der Waals surface area contributed by atoms with Crippen molar-refractivity contribution in [1.82, 2.24) is 4.98 Å². The van der Waals surface area contributed by atoms with Gasteiger partial charge in [0.1, 0.15) is 17.8 Å². The van der Waals surface area contributed by atoms with Crippen LogP contribution < -0.4 is 15.0 Å². The number of thiophene rings is 1. The highest BCUT2D eigenvalue weighted by molar-refractivity contribution is 7.18. The van der Waals surface area contributed by atoms with Crippen molar-refractivity contribution in [2.75, 3.05) is 43.6 Å². The molecule has 1 N–H and O–H groups in total. The lowest BCUT2D eigenvalue weighted by Crippen LogP contribution is -2.39. The number of nitrogens with zero attached hydrogens (tertiary/aromatic N) is 3. The third kappa shape index (κ3) is 6.63. The number of nitro groups is 1. The third-order valence-electron chi connectivity index (χ3n) is 6.36. The predicted octanol–water partition coefficient (Wildman–Crippen LogP) is 4.84. The van der Waals surface area contributed by atoms with Crippen molar-refractivity contribution in [3.63, 3.8) is 0 Å². The van der Waals surface area contributed by atoms with Crippen LogP contribution in [0.15, 0.2) is 42.6 Å². The lowest BCUT2D eigenvalue weighted by Gasteiger charge is -2.33. The summed E-state index contributed by atoms with van der Waals surface area (Å²) >= 11 is 1.26. The largest absolute Gasteiger partial charge is 0.480 e. The Labute approximate surface area is 229 Å². The molecule has 206 valence electrons. The molecule has 0 spiro atoms. The maximum Gasteiger partial charge on any atom is 0.351 e. The smallest absolute Gasteiger partial charge is 0.351 e. The van der Waals surface area contributed by atoms with Gasteiger partial charge in [-0.1, -0.05) is 12.1 Å². The number of methoxy groups -OCH3 is 1. The summed E-state index contributed by atoms with van der Waals surface area (Å²) in [5.74, 6) is 0.0101. The van der Waals surface area contributed by atoms with E-state index >= 15 is 0 Å². The van der Waals surface area contributed by atoms with Gasteiger partial charge in [-0.05, 0) is 50.5 Å². The molecule has 2 aromatic heterocycles. The Bertz CT molecular complexity index is 1330. The highest BCUT2D eigenvalue weighted by Crippen LogP contribution is 2.42. The molecule has 0 aliphatic carbocycles. The Kier molecular flexibility index (Phi) is 8.97. The molecule has 0 unspecified atom stereocenters. The first-order valence-corrected chi connectivity index (χ1v) is 13.3. The van der Waals surface area contributed by atoms with Gasteiger partial charge >= 0.3 is 11.9 Å². The number of pyridine rings is 1. The van der Waals surface area contributed by atoms with Crippen molar-refractivity contribution in [2.24, 2.45) is 0 Å². The molecule has 0 amide bonds. The first-order chi connectivity index (χ1) is 18.8. The monoisotopic (exact) mass is 554 g/mol. The zero-order valence-corrected chi connectivity index (χ0v) is 22.8. The van der Waals surface area contributed by atoms with Crippen molar-refractivity contribution in [1.29, 1.82) is 0 Å². The van der Waals surface area contributed by atoms with Crippen molar-refractivity contribution in [2.45, 2.75) is 32.7 Å². The molecule has 0 saturated carbocycles. The number of rotatable bonds is 10. The van der Waals surface area contributed by atoms with Gasteiger partial charge in [0, 0.05) is 41.3 Å². The van der Waals surface area contributed by atoms with Crippen molar-refractivity contribution in [3.8, 4) is 16.2 Å². The Hall–Kier alpha value is -4.19. The summed E-state index contributed by atoms with van der Waals surface area (Å²) in [7, 11) is 1.31. The molecular formula is C27H30N4O7S. The number of hydrogen-bond donors (Lipinski definition) is 1. The van der Waals surface area contributed by atoms with Gasteiger partial charge in [0.05, 0.1) is 18.6 Å². The first kappa shape index (κ1) is 27.8. The fourth-order valence-electron chi connectivity index (χ4n) is 4.42. The second kappa shape index (κ2) is 12.6. The minimum Gasteiger partial charge on any atom is -0.480 e. The molecule has 1 saturated heterocycles. The van der Waals surface area contributed by atoms with Crippen LogP contribution in [-0.2, 0) is 14.3 Å². The van der Waals surface area contributed by atoms with Crippen LogP contribution in [0.5, 0.6) is 5.75 Å². The summed E-state index contributed by atoms with van der Waals surface area (Å²) in [6, 6.07) is 11.3. The van der Waals surface area contributed by atoms with Gasteiger partial charge in [0.2, 0.25) is 0 Å². The second-order valence-corrected chi connectivity index (χ2v) is 9.94. The van der Waals surface area contributed by atoms with E-state index in [1.807, 2.05) is 31.2 Å². The molecule has 1 aliphatic rings. The van der Waals surface area contributed by atoms with Crippen LogP contribution in [0.2, 0.25) is 0 Å². The molecule has 1 fully saturated rings. The van der Waals surface area contributed by atoms with Crippen LogP contribution in [-0.4, -0.2) is 61.3 Å². The highest BCUT2D eigenvalue weighted by Gasteiger charge is 2.25. The normalized spacial score (nSPS) is 13.6. The summed E-state index contributed by atoms with van der Waals surface area (Å²) in [6.45, 7) is 5.05. The molecule has 0 radical (unpaired) electrons. The number of hydrogen-bond acceptors (Lipinski definition) is 11. The van der Waals surface area contributed by atoms with Crippen LogP contribution in [0.25, 0.3) is 10.4 Å². The van der Waals surface area contributed by atoms with E-state index in [9.17, 15) is 19.7 Å². The maximum atomic E-state index is 12.4. The lowest BCUT2D eigenvalue weighted by molar-refractivity contribution is -0.385. The number of esters is 2. The number of carbonyl (C=O) groups excluding carboxylic acids is 2. The number of aromatic nitrogens is 1. The number of piperidine rings is 1. The van der Waals surface area contributed by atoms with Crippen LogP contribution >= 0.6 is 11.3 Å². The average molecular weight is 555 g/mol. The number of nitrogens with one attached hydrogen (secondary N) is 1. The van der Waals surface area contributed by atoms with Crippen molar-refractivity contribution >= 4 is 40.5 Å². The zero-order valence-electron chi connectivity index (χ0n) is 22.0. The molecule has 12 heteroatoms. The molecule has 11 nitrogen and oxygen atoms in total. The van der Waals surface area contributed by atoms with Gasteiger partial charge < -0.3 is 24.4 Å². The lowest BCUT2D eigenvalue weighted by atomic mass is 10.0. The van der Waals surface area contributed by atoms with E-state index in [0.717, 1.165) is 53.4 Å². The molecule has 1 aromatic carbocycles. The first-order valence-electron chi connectivity index (χ1n) is 12.5. The third-order valence-corrected chi connectivity index (χ3v) is 7.66. The topological polar surface area (TPSA) is 133 Å². The average Bonchev–Trinajstić information content (AvgIpc) is 3.28. The fourth-order valence-corrected chi connectivity index (χ4v) is 5.59. The SMILES string of the molecule is CCOC(=O)COc1c(C(=O)OC)sc(-c2cccc(NC3CCN(c4ccc([N+](=O)[O-])cn4)CC3)c2)c1C. The van der Waals surface area contributed by atoms with Gasteiger partial charge in [-0.2, -0.15) is 0 Å². The van der Waals surface area contributed by atoms with Crippen LogP contribution in [0.3, 0.4) is 0 Å². The van der Waals surface area contributed by atoms with E-state index in [-0.39, 0.29) is 24.9 Å². The molecule has 3 aromatic rings. The maximum absolute atomic E-state index is 12.4. The van der Waals surface area contributed by atoms with Crippen molar-refractivity contribution < 1.29 is 28.7 Å². The summed E-state index contributed by atoms with van der Waals surface area (Å²) < 4.78 is 15.6. The molecule has 39 heavy (non-hydrogen) atoms. The molecule has 0 atom stereocenters. The summed E-state index contributed by atoms with van der Waals surface area (Å²) in [5.41, 5.74) is 2.57.